The fourth-order valence-corrected chi connectivity index (χ4v) is 4.35. The van der Waals surface area contributed by atoms with Gasteiger partial charge in [-0.25, -0.2) is 8.42 Å². The number of ether oxygens (including phenoxy) is 1. The van der Waals surface area contributed by atoms with Crippen LogP contribution in [0.1, 0.15) is 49.4 Å². The van der Waals surface area contributed by atoms with Gasteiger partial charge in [0.1, 0.15) is 0 Å². The smallest absolute Gasteiger partial charge is 0.251 e. The molecule has 1 N–H and O–H groups in total. The SMILES string of the molecule is CCOCCCNC(=O)c1ccc(S(=O)(=O)N2CCCCCC2)cc1. The van der Waals surface area contributed by atoms with Gasteiger partial charge >= 0.3 is 0 Å². The summed E-state index contributed by atoms with van der Waals surface area (Å²) in [5.41, 5.74) is 0.464. The Morgan fingerprint density at radius 1 is 1.12 bits per heavy atom. The maximum atomic E-state index is 12.7. The fraction of sp³-hybridized carbons (Fsp3) is 0.611. The predicted octanol–water partition coefficient (Wildman–Crippen LogP) is 2.41. The van der Waals surface area contributed by atoms with Crippen LogP contribution in [0.15, 0.2) is 29.2 Å². The highest BCUT2D eigenvalue weighted by Gasteiger charge is 2.25. The molecule has 0 aromatic heterocycles. The summed E-state index contributed by atoms with van der Waals surface area (Å²) >= 11 is 0. The lowest BCUT2D eigenvalue weighted by atomic mass is 10.2. The molecule has 1 fully saturated rings. The summed E-state index contributed by atoms with van der Waals surface area (Å²) in [7, 11) is -3.47. The Morgan fingerprint density at radius 2 is 1.76 bits per heavy atom. The Morgan fingerprint density at radius 3 is 2.36 bits per heavy atom. The maximum absolute atomic E-state index is 12.7. The van der Waals surface area contributed by atoms with Crippen molar-refractivity contribution >= 4 is 15.9 Å². The zero-order valence-corrected chi connectivity index (χ0v) is 15.7. The molecule has 0 aliphatic carbocycles. The Hall–Kier alpha value is -1.44. The lowest BCUT2D eigenvalue weighted by Crippen LogP contribution is -2.32. The second-order valence-corrected chi connectivity index (χ2v) is 8.09. The molecule has 1 aliphatic rings. The predicted molar refractivity (Wildman–Crippen MR) is 97.1 cm³/mol. The van der Waals surface area contributed by atoms with Crippen molar-refractivity contribution in [2.45, 2.75) is 43.9 Å². The number of nitrogens with zero attached hydrogens (tertiary/aromatic N) is 1. The average Bonchev–Trinajstić information content (AvgIpc) is 2.91. The van der Waals surface area contributed by atoms with Crippen LogP contribution in [-0.4, -0.2) is 51.5 Å². The second kappa shape index (κ2) is 9.89. The maximum Gasteiger partial charge on any atom is 0.251 e. The fourth-order valence-electron chi connectivity index (χ4n) is 2.83. The molecule has 0 spiro atoms. The molecule has 1 amide bonds. The van der Waals surface area contributed by atoms with E-state index in [0.29, 0.717) is 38.4 Å². The van der Waals surface area contributed by atoms with E-state index in [1.807, 2.05) is 6.92 Å². The molecule has 6 nitrogen and oxygen atoms in total. The van der Waals surface area contributed by atoms with Crippen LogP contribution in [0.25, 0.3) is 0 Å². The van der Waals surface area contributed by atoms with Crippen LogP contribution in [0.5, 0.6) is 0 Å². The first kappa shape index (κ1) is 19.9. The minimum Gasteiger partial charge on any atom is -0.382 e. The summed E-state index contributed by atoms with van der Waals surface area (Å²) in [5.74, 6) is -0.199. The van der Waals surface area contributed by atoms with Gasteiger partial charge in [0.25, 0.3) is 5.91 Å². The van der Waals surface area contributed by atoms with Crippen molar-refractivity contribution in [2.75, 3.05) is 32.8 Å². The van der Waals surface area contributed by atoms with E-state index in [2.05, 4.69) is 5.32 Å². The summed E-state index contributed by atoms with van der Waals surface area (Å²) in [4.78, 5) is 12.3. The van der Waals surface area contributed by atoms with Crippen LogP contribution >= 0.6 is 0 Å². The van der Waals surface area contributed by atoms with E-state index in [1.54, 1.807) is 16.4 Å². The number of benzene rings is 1. The van der Waals surface area contributed by atoms with E-state index in [1.165, 1.54) is 12.1 Å². The molecular weight excluding hydrogens is 340 g/mol. The van der Waals surface area contributed by atoms with Gasteiger partial charge in [0.2, 0.25) is 10.0 Å². The van der Waals surface area contributed by atoms with Crippen LogP contribution in [0.3, 0.4) is 0 Å². The molecule has 25 heavy (non-hydrogen) atoms. The van der Waals surface area contributed by atoms with E-state index in [-0.39, 0.29) is 10.8 Å². The van der Waals surface area contributed by atoms with Crippen molar-refractivity contribution in [3.05, 3.63) is 29.8 Å². The minimum absolute atomic E-state index is 0.199. The van der Waals surface area contributed by atoms with Crippen LogP contribution in [0, 0.1) is 0 Å². The van der Waals surface area contributed by atoms with Crippen molar-refractivity contribution in [1.82, 2.24) is 9.62 Å². The largest absolute Gasteiger partial charge is 0.382 e. The molecule has 1 aromatic carbocycles. The summed E-state index contributed by atoms with van der Waals surface area (Å²) in [6, 6.07) is 6.19. The molecule has 0 unspecified atom stereocenters. The third kappa shape index (κ3) is 5.80. The Bertz CT molecular complexity index is 636. The number of amides is 1. The van der Waals surface area contributed by atoms with Gasteiger partial charge in [0.05, 0.1) is 4.90 Å². The standard InChI is InChI=1S/C18H28N2O4S/c1-2-24-15-7-12-19-18(21)16-8-10-17(11-9-16)25(22,23)20-13-5-3-4-6-14-20/h8-11H,2-7,12-15H2,1H3,(H,19,21). The van der Waals surface area contributed by atoms with Gasteiger partial charge in [-0.2, -0.15) is 4.31 Å². The molecule has 0 saturated carbocycles. The highest BCUT2D eigenvalue weighted by atomic mass is 32.2. The van der Waals surface area contributed by atoms with Crippen molar-refractivity contribution in [3.8, 4) is 0 Å². The van der Waals surface area contributed by atoms with E-state index >= 15 is 0 Å². The highest BCUT2D eigenvalue weighted by Crippen LogP contribution is 2.20. The Kier molecular flexibility index (Phi) is 7.87. The van der Waals surface area contributed by atoms with Crippen LogP contribution in [0.2, 0.25) is 0 Å². The molecule has 7 heteroatoms. The first-order valence-corrected chi connectivity index (χ1v) is 10.5. The first-order chi connectivity index (χ1) is 12.1. The van der Waals surface area contributed by atoms with Crippen molar-refractivity contribution in [1.29, 1.82) is 0 Å². The van der Waals surface area contributed by atoms with E-state index in [4.69, 9.17) is 4.74 Å². The van der Waals surface area contributed by atoms with Gasteiger partial charge in [-0.05, 0) is 50.5 Å². The quantitative estimate of drug-likeness (QED) is 0.715. The number of nitrogens with one attached hydrogen (secondary N) is 1. The number of sulfonamides is 1. The molecular formula is C18H28N2O4S. The molecule has 1 aromatic rings. The molecule has 1 aliphatic heterocycles. The van der Waals surface area contributed by atoms with Crippen molar-refractivity contribution in [3.63, 3.8) is 0 Å². The monoisotopic (exact) mass is 368 g/mol. The molecule has 0 bridgehead atoms. The Balaban J connectivity index is 1.95. The van der Waals surface area contributed by atoms with Gasteiger partial charge < -0.3 is 10.1 Å². The van der Waals surface area contributed by atoms with E-state index in [0.717, 1.165) is 32.1 Å². The zero-order valence-electron chi connectivity index (χ0n) is 14.9. The third-order valence-corrected chi connectivity index (χ3v) is 6.19. The number of carbonyl (C=O) groups excluding carboxylic acids is 1. The summed E-state index contributed by atoms with van der Waals surface area (Å²) in [5, 5.41) is 2.81. The van der Waals surface area contributed by atoms with Gasteiger partial charge in [0, 0.05) is 38.4 Å². The van der Waals surface area contributed by atoms with Gasteiger partial charge in [-0.3, -0.25) is 4.79 Å². The summed E-state index contributed by atoms with van der Waals surface area (Å²) in [6.45, 7) is 4.89. The van der Waals surface area contributed by atoms with Gasteiger partial charge in [-0.15, -0.1) is 0 Å². The topological polar surface area (TPSA) is 75.7 Å². The van der Waals surface area contributed by atoms with Crippen molar-refractivity contribution < 1.29 is 17.9 Å². The first-order valence-electron chi connectivity index (χ1n) is 9.02. The van der Waals surface area contributed by atoms with Crippen LogP contribution in [-0.2, 0) is 14.8 Å². The number of rotatable bonds is 8. The van der Waals surface area contributed by atoms with Crippen LogP contribution in [0.4, 0.5) is 0 Å². The van der Waals surface area contributed by atoms with E-state index in [9.17, 15) is 13.2 Å². The third-order valence-electron chi connectivity index (χ3n) is 4.27. The zero-order chi connectivity index (χ0) is 18.1. The molecule has 2 rings (SSSR count). The lowest BCUT2D eigenvalue weighted by molar-refractivity contribution is 0.0944. The van der Waals surface area contributed by atoms with E-state index < -0.39 is 10.0 Å². The molecule has 0 radical (unpaired) electrons. The van der Waals surface area contributed by atoms with Crippen molar-refractivity contribution in [2.24, 2.45) is 0 Å². The second-order valence-electron chi connectivity index (χ2n) is 6.15. The summed E-state index contributed by atoms with van der Waals surface area (Å²) < 4.78 is 32.2. The van der Waals surface area contributed by atoms with Crippen LogP contribution < -0.4 is 5.32 Å². The normalized spacial score (nSPS) is 16.4. The molecule has 0 atom stereocenters. The van der Waals surface area contributed by atoms with Gasteiger partial charge in [0.15, 0.2) is 0 Å². The molecule has 140 valence electrons. The molecule has 1 saturated heterocycles. The lowest BCUT2D eigenvalue weighted by Gasteiger charge is -2.20. The minimum atomic E-state index is -3.47. The van der Waals surface area contributed by atoms with Gasteiger partial charge in [-0.1, -0.05) is 12.8 Å². The number of hydrogen-bond acceptors (Lipinski definition) is 4. The molecule has 1 heterocycles. The number of carbonyl (C=O) groups is 1. The number of hydrogen-bond donors (Lipinski definition) is 1. The highest BCUT2D eigenvalue weighted by molar-refractivity contribution is 7.89. The summed E-state index contributed by atoms with van der Waals surface area (Å²) in [6.07, 6.45) is 4.72. The Labute approximate surface area is 150 Å². The average molecular weight is 368 g/mol.